The minimum Gasteiger partial charge on any atom is -0.394 e. The van der Waals surface area contributed by atoms with Crippen LogP contribution < -0.4 is 11.2 Å². The first-order valence-electron chi connectivity index (χ1n) is 8.96. The van der Waals surface area contributed by atoms with E-state index in [0.717, 1.165) is 11.1 Å². The number of nitrogens with two attached hydrogens (primary N) is 1. The zero-order valence-electron chi connectivity index (χ0n) is 15.5. The van der Waals surface area contributed by atoms with Gasteiger partial charge in [0.05, 0.1) is 19.1 Å². The van der Waals surface area contributed by atoms with Crippen molar-refractivity contribution in [2.45, 2.75) is 31.5 Å². The summed E-state index contributed by atoms with van der Waals surface area (Å²) in [6, 6.07) is 7.80. The van der Waals surface area contributed by atoms with Crippen molar-refractivity contribution in [1.82, 2.24) is 19.5 Å². The molecule has 3 aromatic rings. The molecule has 29 heavy (non-hydrogen) atoms. The summed E-state index contributed by atoms with van der Waals surface area (Å²) < 4.78 is 6.97. The molecule has 0 amide bonds. The molecular weight excluding hydrogens is 378 g/mol. The van der Waals surface area contributed by atoms with Crippen LogP contribution in [0.25, 0.3) is 11.2 Å². The Morgan fingerprint density at radius 3 is 2.69 bits per heavy atom. The Kier molecular flexibility index (Phi) is 5.11. The Bertz CT molecular complexity index is 1040. The minimum absolute atomic E-state index is 0.119. The number of fused-ring (bicyclic) bond motifs is 1. The summed E-state index contributed by atoms with van der Waals surface area (Å²) in [5.41, 5.74) is 11.3. The van der Waals surface area contributed by atoms with Gasteiger partial charge in [0.15, 0.2) is 17.7 Å². The minimum atomic E-state index is -1.27. The van der Waals surface area contributed by atoms with Gasteiger partial charge in [-0.1, -0.05) is 29.8 Å². The number of benzene rings is 1. The second kappa shape index (κ2) is 7.72. The number of aliphatic hydroxyl groups is 3. The first kappa shape index (κ1) is 19.2. The Labute approximate surface area is 165 Å². The lowest BCUT2D eigenvalue weighted by Gasteiger charge is -2.16. The van der Waals surface area contributed by atoms with E-state index in [4.69, 9.17) is 10.5 Å². The molecule has 2 aromatic heterocycles. The Balaban J connectivity index is 1.61. The highest BCUT2D eigenvalue weighted by Gasteiger charge is 2.44. The average molecular weight is 399 g/mol. The van der Waals surface area contributed by atoms with Crippen molar-refractivity contribution in [1.29, 1.82) is 0 Å². The van der Waals surface area contributed by atoms with Gasteiger partial charge in [-0.25, -0.2) is 10.4 Å². The van der Waals surface area contributed by atoms with Crippen LogP contribution in [0.2, 0.25) is 0 Å². The number of ether oxygens (including phenoxy) is 1. The Morgan fingerprint density at radius 1 is 1.24 bits per heavy atom. The van der Waals surface area contributed by atoms with Crippen molar-refractivity contribution in [3.8, 4) is 0 Å². The van der Waals surface area contributed by atoms with Crippen molar-refractivity contribution in [3.05, 3.63) is 41.7 Å². The van der Waals surface area contributed by atoms with Crippen LogP contribution in [0.1, 0.15) is 17.4 Å². The van der Waals surface area contributed by atoms with Crippen LogP contribution in [0.4, 0.5) is 11.8 Å². The van der Waals surface area contributed by atoms with Gasteiger partial charge in [-0.15, -0.1) is 0 Å². The van der Waals surface area contributed by atoms with E-state index in [0.29, 0.717) is 11.2 Å². The van der Waals surface area contributed by atoms with E-state index in [1.165, 1.54) is 10.9 Å². The fourth-order valence-electron chi connectivity index (χ4n) is 3.10. The molecule has 1 aliphatic rings. The third-order valence-corrected chi connectivity index (χ3v) is 4.70. The van der Waals surface area contributed by atoms with Gasteiger partial charge < -0.3 is 25.8 Å². The number of nitrogen functional groups attached to an aromatic ring is 1. The average Bonchev–Trinajstić information content (AvgIpc) is 3.25. The topological polar surface area (TPSA) is 164 Å². The van der Waals surface area contributed by atoms with Crippen LogP contribution >= 0.6 is 0 Å². The van der Waals surface area contributed by atoms with Gasteiger partial charge in [0.25, 0.3) is 0 Å². The number of hydrazone groups is 1. The number of hydrogen-bond donors (Lipinski definition) is 5. The lowest BCUT2D eigenvalue weighted by Crippen LogP contribution is -2.33. The number of aromatic nitrogens is 4. The molecule has 0 bridgehead atoms. The highest BCUT2D eigenvalue weighted by molar-refractivity contribution is 5.83. The van der Waals surface area contributed by atoms with Gasteiger partial charge in [0.2, 0.25) is 5.95 Å². The van der Waals surface area contributed by atoms with E-state index in [1.54, 1.807) is 6.21 Å². The van der Waals surface area contributed by atoms with Gasteiger partial charge in [0, 0.05) is 0 Å². The molecule has 4 rings (SSSR count). The van der Waals surface area contributed by atoms with Gasteiger partial charge >= 0.3 is 0 Å². The zero-order valence-corrected chi connectivity index (χ0v) is 15.5. The number of aliphatic hydroxyl groups excluding tert-OH is 3. The van der Waals surface area contributed by atoms with Crippen LogP contribution in [0.3, 0.4) is 0 Å². The molecule has 0 radical (unpaired) electrons. The number of rotatable bonds is 5. The van der Waals surface area contributed by atoms with Crippen LogP contribution in [-0.2, 0) is 4.74 Å². The normalized spacial score (nSPS) is 24.6. The predicted octanol–water partition coefficient (Wildman–Crippen LogP) is -0.226. The highest BCUT2D eigenvalue weighted by atomic mass is 16.6. The third-order valence-electron chi connectivity index (χ3n) is 4.70. The molecular formula is C18H21N7O4. The molecule has 1 aliphatic heterocycles. The third kappa shape index (κ3) is 3.63. The van der Waals surface area contributed by atoms with Crippen molar-refractivity contribution in [2.24, 2.45) is 5.10 Å². The Hall–Kier alpha value is -3.12. The fourth-order valence-corrected chi connectivity index (χ4v) is 3.10. The molecule has 0 saturated carbocycles. The molecule has 0 aliphatic carbocycles. The lowest BCUT2D eigenvalue weighted by atomic mass is 10.1. The molecule has 11 heteroatoms. The van der Waals surface area contributed by atoms with Gasteiger partial charge in [-0.3, -0.25) is 4.57 Å². The number of aryl methyl sites for hydroxylation is 1. The van der Waals surface area contributed by atoms with Crippen LogP contribution in [0.15, 0.2) is 35.7 Å². The predicted molar refractivity (Wildman–Crippen MR) is 105 cm³/mol. The quantitative estimate of drug-likeness (QED) is 0.288. The molecule has 152 valence electrons. The summed E-state index contributed by atoms with van der Waals surface area (Å²) in [5, 5.41) is 33.7. The molecule has 1 aromatic carbocycles. The number of hydrogen-bond acceptors (Lipinski definition) is 10. The smallest absolute Gasteiger partial charge is 0.247 e. The summed E-state index contributed by atoms with van der Waals surface area (Å²) in [6.07, 6.45) is -1.40. The maximum Gasteiger partial charge on any atom is 0.247 e. The summed E-state index contributed by atoms with van der Waals surface area (Å²) in [4.78, 5) is 12.6. The zero-order chi connectivity index (χ0) is 20.5. The van der Waals surface area contributed by atoms with Gasteiger partial charge in [-0.05, 0) is 12.5 Å². The number of nitrogens with zero attached hydrogens (tertiary/aromatic N) is 5. The van der Waals surface area contributed by atoms with Crippen molar-refractivity contribution in [2.75, 3.05) is 17.8 Å². The van der Waals surface area contributed by atoms with Crippen LogP contribution in [0, 0.1) is 6.92 Å². The van der Waals surface area contributed by atoms with Gasteiger partial charge in [0.1, 0.15) is 23.8 Å². The molecule has 1 saturated heterocycles. The summed E-state index contributed by atoms with van der Waals surface area (Å²) in [5.74, 6) is 0.250. The molecule has 11 nitrogen and oxygen atoms in total. The van der Waals surface area contributed by atoms with E-state index in [9.17, 15) is 15.3 Å². The second-order valence-corrected chi connectivity index (χ2v) is 6.77. The second-order valence-electron chi connectivity index (χ2n) is 6.77. The molecule has 0 spiro atoms. The summed E-state index contributed by atoms with van der Waals surface area (Å²) >= 11 is 0. The summed E-state index contributed by atoms with van der Waals surface area (Å²) in [7, 11) is 0. The number of imidazole rings is 1. The first-order valence-corrected chi connectivity index (χ1v) is 8.96. The van der Waals surface area contributed by atoms with Crippen molar-refractivity contribution >= 4 is 29.1 Å². The standard InChI is InChI=1S/C18H21N7O4/c1-9-2-4-10(5-3-9)6-21-24-18-22-15(19)12-16(23-18)25(8-20-12)17-14(28)13(27)11(7-26)29-17/h2-6,8,11,13-14,17,26-28H,7H2,1H3,(H3,19,22,23,24)/t11-,13?,14?,17-/m1/s1. The highest BCUT2D eigenvalue weighted by Crippen LogP contribution is 2.32. The van der Waals surface area contributed by atoms with Crippen molar-refractivity contribution < 1.29 is 20.1 Å². The SMILES string of the molecule is Cc1ccc(C=NNc2nc(N)c3ncn([C@@H]4O[C@H](CO)C(O)C4O)c3n2)cc1. The first-order chi connectivity index (χ1) is 14.0. The monoisotopic (exact) mass is 399 g/mol. The maximum absolute atomic E-state index is 10.3. The molecule has 3 heterocycles. The molecule has 2 unspecified atom stereocenters. The molecule has 6 N–H and O–H groups in total. The number of anilines is 2. The lowest BCUT2D eigenvalue weighted by molar-refractivity contribution is -0.0511. The van der Waals surface area contributed by atoms with E-state index < -0.39 is 31.1 Å². The van der Waals surface area contributed by atoms with E-state index in [2.05, 4.69) is 25.5 Å². The van der Waals surface area contributed by atoms with Crippen molar-refractivity contribution in [3.63, 3.8) is 0 Å². The molecule has 1 fully saturated rings. The van der Waals surface area contributed by atoms with E-state index in [1.807, 2.05) is 31.2 Å². The molecule has 4 atom stereocenters. The van der Waals surface area contributed by atoms with E-state index >= 15 is 0 Å². The van der Waals surface area contributed by atoms with Crippen LogP contribution in [-0.4, -0.2) is 66.0 Å². The van der Waals surface area contributed by atoms with Crippen LogP contribution in [0.5, 0.6) is 0 Å². The number of nitrogens with one attached hydrogen (secondary N) is 1. The summed E-state index contributed by atoms with van der Waals surface area (Å²) in [6.45, 7) is 1.57. The van der Waals surface area contributed by atoms with E-state index in [-0.39, 0.29) is 11.8 Å². The maximum atomic E-state index is 10.3. The Morgan fingerprint density at radius 2 is 2.00 bits per heavy atom. The fraction of sp³-hybridized carbons (Fsp3) is 0.333. The van der Waals surface area contributed by atoms with Gasteiger partial charge in [-0.2, -0.15) is 15.1 Å². The largest absolute Gasteiger partial charge is 0.394 e.